The molecule has 0 saturated heterocycles. The first-order chi connectivity index (χ1) is 10.1. The molecule has 0 unspecified atom stereocenters. The van der Waals surface area contributed by atoms with Crippen LogP contribution in [0.2, 0.25) is 0 Å². The molecular formula is C18H28N2O. The average molecular weight is 288 g/mol. The van der Waals surface area contributed by atoms with E-state index in [9.17, 15) is 0 Å². The maximum Gasteiger partial charge on any atom is 0.174 e. The summed E-state index contributed by atoms with van der Waals surface area (Å²) in [6.07, 6.45) is 5.20. The predicted octanol–water partition coefficient (Wildman–Crippen LogP) is 4.29. The molecule has 1 aromatic carbocycles. The van der Waals surface area contributed by atoms with Crippen LogP contribution in [0.1, 0.15) is 52.0 Å². The van der Waals surface area contributed by atoms with Gasteiger partial charge in [-0.3, -0.25) is 0 Å². The van der Waals surface area contributed by atoms with Gasteiger partial charge in [0.1, 0.15) is 11.8 Å². The molecule has 116 valence electrons. The topological polar surface area (TPSA) is 45.0 Å². The molecule has 21 heavy (non-hydrogen) atoms. The summed E-state index contributed by atoms with van der Waals surface area (Å²) in [6, 6.07) is 9.89. The normalized spacial score (nSPS) is 11.1. The summed E-state index contributed by atoms with van der Waals surface area (Å²) >= 11 is 0. The molecule has 0 aliphatic rings. The number of nitrogens with one attached hydrogen (secondary N) is 1. The van der Waals surface area contributed by atoms with E-state index < -0.39 is 0 Å². The SMILES string of the molecule is CCCCCC(C)(C)CNCc1ccc(OCC#N)cc1. The number of nitriles is 1. The Bertz CT molecular complexity index is 432. The first-order valence-corrected chi connectivity index (χ1v) is 7.87. The summed E-state index contributed by atoms with van der Waals surface area (Å²) in [4.78, 5) is 0. The summed E-state index contributed by atoms with van der Waals surface area (Å²) in [5, 5.41) is 12.0. The molecule has 0 bridgehead atoms. The summed E-state index contributed by atoms with van der Waals surface area (Å²) < 4.78 is 5.24. The van der Waals surface area contributed by atoms with Crippen molar-refractivity contribution in [3.63, 3.8) is 0 Å². The second-order valence-corrected chi connectivity index (χ2v) is 6.32. The molecule has 3 heteroatoms. The highest BCUT2D eigenvalue weighted by Gasteiger charge is 2.16. The Morgan fingerprint density at radius 1 is 1.19 bits per heavy atom. The third-order valence-electron chi connectivity index (χ3n) is 3.62. The number of hydrogen-bond acceptors (Lipinski definition) is 3. The molecule has 0 heterocycles. The van der Waals surface area contributed by atoms with E-state index in [0.717, 1.165) is 18.8 Å². The van der Waals surface area contributed by atoms with Crippen LogP contribution >= 0.6 is 0 Å². The molecule has 0 radical (unpaired) electrons. The minimum Gasteiger partial charge on any atom is -0.479 e. The molecule has 0 amide bonds. The molecule has 0 saturated carbocycles. The maximum absolute atomic E-state index is 8.47. The van der Waals surface area contributed by atoms with Gasteiger partial charge in [0, 0.05) is 13.1 Å². The molecule has 1 rings (SSSR count). The van der Waals surface area contributed by atoms with E-state index in [4.69, 9.17) is 10.00 Å². The molecule has 0 aliphatic heterocycles. The van der Waals surface area contributed by atoms with Gasteiger partial charge in [-0.05, 0) is 29.5 Å². The lowest BCUT2D eigenvalue weighted by Gasteiger charge is -2.25. The van der Waals surface area contributed by atoms with Crippen molar-refractivity contribution < 1.29 is 4.74 Å². The van der Waals surface area contributed by atoms with Crippen LogP contribution < -0.4 is 10.1 Å². The van der Waals surface area contributed by atoms with Gasteiger partial charge in [0.15, 0.2) is 6.61 Å². The fourth-order valence-electron chi connectivity index (χ4n) is 2.31. The molecule has 0 aromatic heterocycles. The first kappa shape index (κ1) is 17.5. The van der Waals surface area contributed by atoms with Gasteiger partial charge in [-0.25, -0.2) is 0 Å². The van der Waals surface area contributed by atoms with Crippen molar-refractivity contribution in [1.29, 1.82) is 5.26 Å². The Morgan fingerprint density at radius 3 is 2.52 bits per heavy atom. The van der Waals surface area contributed by atoms with E-state index in [2.05, 4.69) is 26.1 Å². The quantitative estimate of drug-likeness (QED) is 0.653. The van der Waals surface area contributed by atoms with Gasteiger partial charge in [0.25, 0.3) is 0 Å². The highest BCUT2D eigenvalue weighted by molar-refractivity contribution is 5.27. The molecule has 0 spiro atoms. The van der Waals surface area contributed by atoms with E-state index in [1.807, 2.05) is 30.3 Å². The Kier molecular flexibility index (Phi) is 7.85. The van der Waals surface area contributed by atoms with E-state index in [0.29, 0.717) is 5.41 Å². The third-order valence-corrected chi connectivity index (χ3v) is 3.62. The van der Waals surface area contributed by atoms with E-state index in [1.54, 1.807) is 0 Å². The first-order valence-electron chi connectivity index (χ1n) is 7.87. The summed E-state index contributed by atoms with van der Waals surface area (Å²) in [5.74, 6) is 0.750. The minimum atomic E-state index is 0.101. The lowest BCUT2D eigenvalue weighted by atomic mass is 9.87. The Balaban J connectivity index is 2.30. The Labute approximate surface area is 129 Å². The largest absolute Gasteiger partial charge is 0.479 e. The summed E-state index contributed by atoms with van der Waals surface area (Å²) in [5.41, 5.74) is 1.59. The van der Waals surface area contributed by atoms with Gasteiger partial charge in [-0.1, -0.05) is 52.2 Å². The number of hydrogen-bond donors (Lipinski definition) is 1. The van der Waals surface area contributed by atoms with Crippen molar-refractivity contribution in [2.45, 2.75) is 53.0 Å². The smallest absolute Gasteiger partial charge is 0.174 e. The molecule has 0 fully saturated rings. The Morgan fingerprint density at radius 2 is 1.90 bits per heavy atom. The zero-order valence-corrected chi connectivity index (χ0v) is 13.6. The van der Waals surface area contributed by atoms with E-state index in [1.165, 1.54) is 31.2 Å². The molecule has 3 nitrogen and oxygen atoms in total. The zero-order chi connectivity index (χ0) is 15.6. The van der Waals surface area contributed by atoms with Crippen LogP contribution in [-0.2, 0) is 6.54 Å². The van der Waals surface area contributed by atoms with Crippen molar-refractivity contribution in [3.8, 4) is 11.8 Å². The zero-order valence-electron chi connectivity index (χ0n) is 13.6. The molecule has 0 aliphatic carbocycles. The van der Waals surface area contributed by atoms with Crippen molar-refractivity contribution in [1.82, 2.24) is 5.32 Å². The van der Waals surface area contributed by atoms with Crippen molar-refractivity contribution in [2.24, 2.45) is 5.41 Å². The van der Waals surface area contributed by atoms with Crippen molar-refractivity contribution in [2.75, 3.05) is 13.2 Å². The number of rotatable bonds is 10. The fourth-order valence-corrected chi connectivity index (χ4v) is 2.31. The molecular weight excluding hydrogens is 260 g/mol. The predicted molar refractivity (Wildman–Crippen MR) is 87.2 cm³/mol. The van der Waals surface area contributed by atoms with Gasteiger partial charge >= 0.3 is 0 Å². The number of ether oxygens (including phenoxy) is 1. The van der Waals surface area contributed by atoms with Gasteiger partial charge in [-0.2, -0.15) is 5.26 Å². The standard InChI is InChI=1S/C18H28N2O/c1-4-5-6-11-18(2,3)15-20-14-16-7-9-17(10-8-16)21-13-12-19/h7-10,20H,4-6,11,13-15H2,1-3H3. The number of nitrogens with zero attached hydrogens (tertiary/aromatic N) is 1. The van der Waals surface area contributed by atoms with Gasteiger partial charge in [0.2, 0.25) is 0 Å². The van der Waals surface area contributed by atoms with Gasteiger partial charge in [-0.15, -0.1) is 0 Å². The summed E-state index contributed by atoms with van der Waals surface area (Å²) in [7, 11) is 0. The van der Waals surface area contributed by atoms with Crippen LogP contribution in [0.25, 0.3) is 0 Å². The second kappa shape index (κ2) is 9.41. The van der Waals surface area contributed by atoms with Crippen LogP contribution in [0.3, 0.4) is 0 Å². The lowest BCUT2D eigenvalue weighted by molar-refractivity contribution is 0.302. The highest BCUT2D eigenvalue weighted by Crippen LogP contribution is 2.22. The van der Waals surface area contributed by atoms with Crippen LogP contribution in [-0.4, -0.2) is 13.2 Å². The average Bonchev–Trinajstić information content (AvgIpc) is 2.46. The second-order valence-electron chi connectivity index (χ2n) is 6.32. The Hall–Kier alpha value is -1.53. The van der Waals surface area contributed by atoms with Crippen LogP contribution in [0, 0.1) is 16.7 Å². The summed E-state index contributed by atoms with van der Waals surface area (Å²) in [6.45, 7) is 8.90. The highest BCUT2D eigenvalue weighted by atomic mass is 16.5. The van der Waals surface area contributed by atoms with Gasteiger partial charge < -0.3 is 10.1 Å². The molecule has 1 N–H and O–H groups in total. The molecule has 0 atom stereocenters. The van der Waals surface area contributed by atoms with E-state index >= 15 is 0 Å². The minimum absolute atomic E-state index is 0.101. The van der Waals surface area contributed by atoms with Crippen molar-refractivity contribution in [3.05, 3.63) is 29.8 Å². The van der Waals surface area contributed by atoms with Crippen molar-refractivity contribution >= 4 is 0 Å². The van der Waals surface area contributed by atoms with Crippen LogP contribution in [0.4, 0.5) is 0 Å². The van der Waals surface area contributed by atoms with Crippen LogP contribution in [0.5, 0.6) is 5.75 Å². The monoisotopic (exact) mass is 288 g/mol. The molecule has 1 aromatic rings. The maximum atomic E-state index is 8.47. The van der Waals surface area contributed by atoms with Crippen LogP contribution in [0.15, 0.2) is 24.3 Å². The number of benzene rings is 1. The lowest BCUT2D eigenvalue weighted by Crippen LogP contribution is -2.29. The fraction of sp³-hybridized carbons (Fsp3) is 0.611. The van der Waals surface area contributed by atoms with E-state index in [-0.39, 0.29) is 6.61 Å². The number of unbranched alkanes of at least 4 members (excludes halogenated alkanes) is 2. The van der Waals surface area contributed by atoms with Gasteiger partial charge in [0.05, 0.1) is 0 Å². The third kappa shape index (κ3) is 7.72.